The van der Waals surface area contributed by atoms with Crippen LogP contribution in [0.2, 0.25) is 0 Å². The van der Waals surface area contributed by atoms with E-state index in [1.54, 1.807) is 18.2 Å². The summed E-state index contributed by atoms with van der Waals surface area (Å²) in [5, 5.41) is 0.903. The van der Waals surface area contributed by atoms with Gasteiger partial charge in [0.2, 0.25) is 0 Å². The number of aromatic nitrogens is 1. The number of para-hydroxylation sites is 1. The van der Waals surface area contributed by atoms with Gasteiger partial charge in [-0.05, 0) is 31.2 Å². The van der Waals surface area contributed by atoms with Crippen molar-refractivity contribution in [3.8, 4) is 5.75 Å². The SMILES string of the molecule is CCN(C(=O)c1c[nH]c2cc(OC)ccc12)c1ccccc1. The second-order valence-electron chi connectivity index (χ2n) is 5.00. The van der Waals surface area contributed by atoms with Gasteiger partial charge in [-0.25, -0.2) is 0 Å². The number of aromatic amines is 1. The Morgan fingerprint density at radius 1 is 1.18 bits per heavy atom. The zero-order chi connectivity index (χ0) is 15.5. The maximum Gasteiger partial charge on any atom is 0.260 e. The largest absolute Gasteiger partial charge is 0.497 e. The third-order valence-electron chi connectivity index (χ3n) is 3.75. The molecular weight excluding hydrogens is 276 g/mol. The minimum Gasteiger partial charge on any atom is -0.497 e. The van der Waals surface area contributed by atoms with E-state index < -0.39 is 0 Å². The van der Waals surface area contributed by atoms with Crippen LogP contribution in [0.4, 0.5) is 5.69 Å². The summed E-state index contributed by atoms with van der Waals surface area (Å²) in [6.07, 6.45) is 1.76. The molecule has 112 valence electrons. The Balaban J connectivity index is 2.01. The number of benzene rings is 2. The molecule has 0 saturated heterocycles. The van der Waals surface area contributed by atoms with Crippen LogP contribution in [0.25, 0.3) is 10.9 Å². The predicted molar refractivity (Wildman–Crippen MR) is 88.6 cm³/mol. The van der Waals surface area contributed by atoms with Gasteiger partial charge in [0.1, 0.15) is 5.75 Å². The van der Waals surface area contributed by atoms with Gasteiger partial charge < -0.3 is 14.6 Å². The van der Waals surface area contributed by atoms with Crippen LogP contribution >= 0.6 is 0 Å². The Kier molecular flexibility index (Phi) is 3.83. The summed E-state index contributed by atoms with van der Waals surface area (Å²) in [5.41, 5.74) is 2.47. The van der Waals surface area contributed by atoms with Crippen molar-refractivity contribution in [1.29, 1.82) is 0 Å². The van der Waals surface area contributed by atoms with Crippen molar-refractivity contribution >= 4 is 22.5 Å². The van der Waals surface area contributed by atoms with E-state index in [-0.39, 0.29) is 5.91 Å². The van der Waals surface area contributed by atoms with Crippen LogP contribution in [0.5, 0.6) is 5.75 Å². The standard InChI is InChI=1S/C18H18N2O2/c1-3-20(13-7-5-4-6-8-13)18(21)16-12-19-17-11-14(22-2)9-10-15(16)17/h4-12,19H,3H2,1-2H3. The average Bonchev–Trinajstić information content (AvgIpc) is 2.99. The number of nitrogens with one attached hydrogen (secondary N) is 1. The lowest BCUT2D eigenvalue weighted by molar-refractivity contribution is 0.0990. The Labute approximate surface area is 129 Å². The highest BCUT2D eigenvalue weighted by atomic mass is 16.5. The van der Waals surface area contributed by atoms with Crippen LogP contribution < -0.4 is 9.64 Å². The normalized spacial score (nSPS) is 10.6. The van der Waals surface area contributed by atoms with E-state index >= 15 is 0 Å². The highest BCUT2D eigenvalue weighted by Crippen LogP contribution is 2.25. The number of carbonyl (C=O) groups excluding carboxylic acids is 1. The van der Waals surface area contributed by atoms with Crippen molar-refractivity contribution in [3.05, 3.63) is 60.3 Å². The Morgan fingerprint density at radius 2 is 1.95 bits per heavy atom. The summed E-state index contributed by atoms with van der Waals surface area (Å²) in [4.78, 5) is 17.8. The number of nitrogens with zero attached hydrogens (tertiary/aromatic N) is 1. The number of amides is 1. The van der Waals surface area contributed by atoms with Crippen LogP contribution in [0.3, 0.4) is 0 Å². The molecular formula is C18H18N2O2. The minimum absolute atomic E-state index is 0.00915. The Morgan fingerprint density at radius 3 is 2.64 bits per heavy atom. The minimum atomic E-state index is -0.00915. The van der Waals surface area contributed by atoms with Crippen LogP contribution in [0, 0.1) is 0 Å². The molecule has 0 fully saturated rings. The van der Waals surface area contributed by atoms with Gasteiger partial charge in [0, 0.05) is 35.4 Å². The van der Waals surface area contributed by atoms with Gasteiger partial charge in [-0.1, -0.05) is 18.2 Å². The van der Waals surface area contributed by atoms with Gasteiger partial charge in [0.05, 0.1) is 12.7 Å². The molecule has 1 amide bonds. The smallest absolute Gasteiger partial charge is 0.260 e. The van der Waals surface area contributed by atoms with E-state index in [0.29, 0.717) is 12.1 Å². The van der Waals surface area contributed by atoms with Gasteiger partial charge >= 0.3 is 0 Å². The maximum atomic E-state index is 12.9. The van der Waals surface area contributed by atoms with Gasteiger partial charge in [-0.15, -0.1) is 0 Å². The number of carbonyl (C=O) groups is 1. The number of hydrogen-bond donors (Lipinski definition) is 1. The first-order valence-corrected chi connectivity index (χ1v) is 7.26. The molecule has 1 aromatic heterocycles. The third-order valence-corrected chi connectivity index (χ3v) is 3.75. The Bertz CT molecular complexity index is 793. The summed E-state index contributed by atoms with van der Waals surface area (Å²) < 4.78 is 5.21. The van der Waals surface area contributed by atoms with E-state index in [9.17, 15) is 4.79 Å². The van der Waals surface area contributed by atoms with E-state index in [0.717, 1.165) is 22.3 Å². The molecule has 22 heavy (non-hydrogen) atoms. The van der Waals surface area contributed by atoms with E-state index in [4.69, 9.17) is 4.74 Å². The molecule has 1 N–H and O–H groups in total. The number of ether oxygens (including phenoxy) is 1. The monoisotopic (exact) mass is 294 g/mol. The summed E-state index contributed by atoms with van der Waals surface area (Å²) in [6.45, 7) is 2.59. The number of methoxy groups -OCH3 is 1. The quantitative estimate of drug-likeness (QED) is 0.794. The molecule has 4 heteroatoms. The van der Waals surface area contributed by atoms with Crippen molar-refractivity contribution in [2.45, 2.75) is 6.92 Å². The molecule has 0 aliphatic rings. The molecule has 3 rings (SSSR count). The fourth-order valence-electron chi connectivity index (χ4n) is 2.61. The van der Waals surface area contributed by atoms with Crippen molar-refractivity contribution in [2.24, 2.45) is 0 Å². The lowest BCUT2D eigenvalue weighted by atomic mass is 10.1. The average molecular weight is 294 g/mol. The molecule has 0 atom stereocenters. The van der Waals surface area contributed by atoms with Crippen molar-refractivity contribution in [2.75, 3.05) is 18.6 Å². The first-order chi connectivity index (χ1) is 10.7. The van der Waals surface area contributed by atoms with E-state index in [1.807, 2.05) is 55.5 Å². The second-order valence-corrected chi connectivity index (χ2v) is 5.00. The van der Waals surface area contributed by atoms with Crippen LogP contribution in [0.1, 0.15) is 17.3 Å². The molecule has 0 bridgehead atoms. The van der Waals surface area contributed by atoms with Crippen LogP contribution in [-0.2, 0) is 0 Å². The number of hydrogen-bond acceptors (Lipinski definition) is 2. The first-order valence-electron chi connectivity index (χ1n) is 7.26. The van der Waals surface area contributed by atoms with Gasteiger partial charge in [0.25, 0.3) is 5.91 Å². The molecule has 0 radical (unpaired) electrons. The van der Waals surface area contributed by atoms with Crippen molar-refractivity contribution in [3.63, 3.8) is 0 Å². The van der Waals surface area contributed by atoms with Gasteiger partial charge in [-0.3, -0.25) is 4.79 Å². The first kappa shape index (κ1) is 14.2. The number of fused-ring (bicyclic) bond motifs is 1. The van der Waals surface area contributed by atoms with Gasteiger partial charge in [-0.2, -0.15) is 0 Å². The topological polar surface area (TPSA) is 45.3 Å². The molecule has 0 spiro atoms. The van der Waals surface area contributed by atoms with Crippen LogP contribution in [0.15, 0.2) is 54.7 Å². The van der Waals surface area contributed by atoms with E-state index in [1.165, 1.54) is 0 Å². The lowest BCUT2D eigenvalue weighted by Crippen LogP contribution is -2.30. The molecule has 2 aromatic carbocycles. The zero-order valence-corrected chi connectivity index (χ0v) is 12.7. The summed E-state index contributed by atoms with van der Waals surface area (Å²) >= 11 is 0. The summed E-state index contributed by atoms with van der Waals surface area (Å²) in [7, 11) is 1.63. The lowest BCUT2D eigenvalue weighted by Gasteiger charge is -2.20. The van der Waals surface area contributed by atoms with E-state index in [2.05, 4.69) is 4.98 Å². The molecule has 4 nitrogen and oxygen atoms in total. The fourth-order valence-corrected chi connectivity index (χ4v) is 2.61. The van der Waals surface area contributed by atoms with Gasteiger partial charge in [0.15, 0.2) is 0 Å². The molecule has 0 aliphatic carbocycles. The highest BCUT2D eigenvalue weighted by Gasteiger charge is 2.19. The summed E-state index contributed by atoms with van der Waals surface area (Å²) in [6, 6.07) is 15.4. The molecule has 3 aromatic rings. The molecule has 0 aliphatic heterocycles. The fraction of sp³-hybridized carbons (Fsp3) is 0.167. The molecule has 0 saturated carbocycles. The zero-order valence-electron chi connectivity index (χ0n) is 12.7. The van der Waals surface area contributed by atoms with Crippen molar-refractivity contribution < 1.29 is 9.53 Å². The number of rotatable bonds is 4. The summed E-state index contributed by atoms with van der Waals surface area (Å²) in [5.74, 6) is 0.758. The van der Waals surface area contributed by atoms with Crippen molar-refractivity contribution in [1.82, 2.24) is 4.98 Å². The predicted octanol–water partition coefficient (Wildman–Crippen LogP) is 3.84. The number of anilines is 1. The molecule has 1 heterocycles. The van der Waals surface area contributed by atoms with Crippen LogP contribution in [-0.4, -0.2) is 24.5 Å². The highest BCUT2D eigenvalue weighted by molar-refractivity contribution is 6.14. The second kappa shape index (κ2) is 5.93. The number of H-pyrrole nitrogens is 1. The maximum absolute atomic E-state index is 12.9. The molecule has 0 unspecified atom stereocenters. The third kappa shape index (κ3) is 2.44. The Hall–Kier alpha value is -2.75.